The summed E-state index contributed by atoms with van der Waals surface area (Å²) < 4.78 is 0. The fourth-order valence-electron chi connectivity index (χ4n) is 3.29. The van der Waals surface area contributed by atoms with E-state index < -0.39 is 0 Å². The van der Waals surface area contributed by atoms with Crippen LogP contribution >= 0.6 is 11.8 Å². The molecule has 0 radical (unpaired) electrons. The van der Waals surface area contributed by atoms with Crippen LogP contribution in [-0.2, 0) is 0 Å². The summed E-state index contributed by atoms with van der Waals surface area (Å²) in [6.45, 7) is 5.78. The Hall–Kier alpha value is -0.470. The van der Waals surface area contributed by atoms with Gasteiger partial charge in [0.2, 0.25) is 0 Å². The molecule has 1 nitrogen and oxygen atoms in total. The minimum absolute atomic E-state index is 0.554. The van der Waals surface area contributed by atoms with Crippen molar-refractivity contribution in [2.24, 2.45) is 11.8 Å². The van der Waals surface area contributed by atoms with Crippen molar-refractivity contribution in [2.45, 2.75) is 56.9 Å². The van der Waals surface area contributed by atoms with E-state index in [-0.39, 0.29) is 0 Å². The van der Waals surface area contributed by atoms with Gasteiger partial charge in [-0.2, -0.15) is 0 Å². The van der Waals surface area contributed by atoms with Crippen LogP contribution in [0.4, 0.5) is 0 Å². The highest BCUT2D eigenvalue weighted by Crippen LogP contribution is 2.37. The molecule has 1 fully saturated rings. The molecule has 0 heterocycles. The summed E-state index contributed by atoms with van der Waals surface area (Å²) in [4.78, 5) is 1.36. The fourth-order valence-corrected chi connectivity index (χ4v) is 3.70. The lowest BCUT2D eigenvalue weighted by Crippen LogP contribution is -2.31. The van der Waals surface area contributed by atoms with Crippen molar-refractivity contribution in [3.8, 4) is 0 Å². The second-order valence-corrected chi connectivity index (χ2v) is 7.10. The van der Waals surface area contributed by atoms with Crippen LogP contribution < -0.4 is 5.32 Å². The zero-order chi connectivity index (χ0) is 14.4. The number of rotatable bonds is 6. The molecule has 1 N–H and O–H groups in total. The zero-order valence-electron chi connectivity index (χ0n) is 13.2. The van der Waals surface area contributed by atoms with Crippen LogP contribution in [0.15, 0.2) is 29.2 Å². The molecule has 0 aromatic heterocycles. The molecule has 20 heavy (non-hydrogen) atoms. The SMILES string of the molecule is CCCNC(c1ccc(SC)cc1)C1CCC(C)CC1. The van der Waals surface area contributed by atoms with Gasteiger partial charge in [0.15, 0.2) is 0 Å². The van der Waals surface area contributed by atoms with Gasteiger partial charge in [0, 0.05) is 10.9 Å². The average Bonchev–Trinajstić information content (AvgIpc) is 2.50. The Labute approximate surface area is 128 Å². The molecule has 0 spiro atoms. The van der Waals surface area contributed by atoms with Crippen LogP contribution in [0, 0.1) is 11.8 Å². The number of benzene rings is 1. The van der Waals surface area contributed by atoms with Gasteiger partial charge in [0.1, 0.15) is 0 Å². The van der Waals surface area contributed by atoms with Crippen molar-refractivity contribution < 1.29 is 0 Å². The number of nitrogens with one attached hydrogen (secondary N) is 1. The van der Waals surface area contributed by atoms with Gasteiger partial charge in [-0.3, -0.25) is 0 Å². The minimum Gasteiger partial charge on any atom is -0.310 e. The molecule has 1 saturated carbocycles. The molecule has 1 aromatic carbocycles. The van der Waals surface area contributed by atoms with E-state index in [1.807, 2.05) is 11.8 Å². The van der Waals surface area contributed by atoms with Gasteiger partial charge in [0.05, 0.1) is 0 Å². The second-order valence-electron chi connectivity index (χ2n) is 6.22. The van der Waals surface area contributed by atoms with Gasteiger partial charge in [-0.15, -0.1) is 11.8 Å². The summed E-state index contributed by atoms with van der Waals surface area (Å²) in [5, 5.41) is 3.80. The highest BCUT2D eigenvalue weighted by molar-refractivity contribution is 7.98. The Morgan fingerprint density at radius 1 is 1.15 bits per heavy atom. The van der Waals surface area contributed by atoms with Crippen LogP contribution in [0.1, 0.15) is 57.6 Å². The van der Waals surface area contributed by atoms with Gasteiger partial charge < -0.3 is 5.32 Å². The van der Waals surface area contributed by atoms with E-state index in [2.05, 4.69) is 49.7 Å². The lowest BCUT2D eigenvalue weighted by atomic mass is 9.77. The lowest BCUT2D eigenvalue weighted by molar-refractivity contribution is 0.231. The minimum atomic E-state index is 0.554. The van der Waals surface area contributed by atoms with E-state index in [4.69, 9.17) is 0 Å². The quantitative estimate of drug-likeness (QED) is 0.716. The molecule has 1 aromatic rings. The molecule has 0 aliphatic heterocycles. The first-order valence-electron chi connectivity index (χ1n) is 8.12. The smallest absolute Gasteiger partial charge is 0.0348 e. The third-order valence-corrected chi connectivity index (χ3v) is 5.36. The fraction of sp³-hybridized carbons (Fsp3) is 0.667. The number of thioether (sulfide) groups is 1. The topological polar surface area (TPSA) is 12.0 Å². The number of hydrogen-bond donors (Lipinski definition) is 1. The van der Waals surface area contributed by atoms with Gasteiger partial charge in [0.25, 0.3) is 0 Å². The zero-order valence-corrected chi connectivity index (χ0v) is 14.0. The molecule has 112 valence electrons. The van der Waals surface area contributed by atoms with Gasteiger partial charge in [-0.05, 0) is 61.6 Å². The maximum absolute atomic E-state index is 3.80. The molecule has 1 aliphatic carbocycles. The summed E-state index contributed by atoms with van der Waals surface area (Å²) in [6, 6.07) is 9.75. The summed E-state index contributed by atoms with van der Waals surface area (Å²) >= 11 is 1.82. The predicted molar refractivity (Wildman–Crippen MR) is 90.4 cm³/mol. The maximum Gasteiger partial charge on any atom is 0.0348 e. The van der Waals surface area contributed by atoms with Crippen LogP contribution in [0.3, 0.4) is 0 Å². The maximum atomic E-state index is 3.80. The Morgan fingerprint density at radius 3 is 2.35 bits per heavy atom. The molecular weight excluding hydrogens is 262 g/mol. The van der Waals surface area contributed by atoms with E-state index in [0.717, 1.165) is 18.4 Å². The van der Waals surface area contributed by atoms with E-state index in [1.54, 1.807) is 0 Å². The highest BCUT2D eigenvalue weighted by atomic mass is 32.2. The normalized spacial score (nSPS) is 24.6. The first-order chi connectivity index (χ1) is 9.74. The Balaban J connectivity index is 2.08. The predicted octanol–water partition coefficient (Wildman–Crippen LogP) is 5.28. The summed E-state index contributed by atoms with van der Waals surface area (Å²) in [5.41, 5.74) is 1.48. The van der Waals surface area contributed by atoms with Crippen molar-refractivity contribution >= 4 is 11.8 Å². The van der Waals surface area contributed by atoms with E-state index in [0.29, 0.717) is 6.04 Å². The number of hydrogen-bond acceptors (Lipinski definition) is 2. The largest absolute Gasteiger partial charge is 0.310 e. The average molecular weight is 292 g/mol. The van der Waals surface area contributed by atoms with E-state index >= 15 is 0 Å². The van der Waals surface area contributed by atoms with Crippen molar-refractivity contribution in [2.75, 3.05) is 12.8 Å². The Kier molecular flexibility index (Phi) is 6.44. The van der Waals surface area contributed by atoms with Crippen molar-refractivity contribution in [3.63, 3.8) is 0 Å². The van der Waals surface area contributed by atoms with Crippen LogP contribution in [0.25, 0.3) is 0 Å². The van der Waals surface area contributed by atoms with Crippen molar-refractivity contribution in [1.29, 1.82) is 0 Å². The molecule has 2 heteroatoms. The van der Waals surface area contributed by atoms with Gasteiger partial charge >= 0.3 is 0 Å². The Bertz CT molecular complexity index is 379. The lowest BCUT2D eigenvalue weighted by Gasteiger charge is -2.34. The molecule has 0 bridgehead atoms. The van der Waals surface area contributed by atoms with Crippen molar-refractivity contribution in [3.05, 3.63) is 29.8 Å². The molecule has 1 unspecified atom stereocenters. The first-order valence-corrected chi connectivity index (χ1v) is 9.34. The molecule has 0 amide bonds. The highest BCUT2D eigenvalue weighted by Gasteiger charge is 2.26. The summed E-state index contributed by atoms with van der Waals surface area (Å²) in [6.07, 6.45) is 8.92. The Morgan fingerprint density at radius 2 is 1.80 bits per heavy atom. The monoisotopic (exact) mass is 291 g/mol. The van der Waals surface area contributed by atoms with E-state index in [9.17, 15) is 0 Å². The molecule has 1 aliphatic rings. The molecular formula is C18H29NS. The first kappa shape index (κ1) is 15.9. The third kappa shape index (κ3) is 4.26. The van der Waals surface area contributed by atoms with Gasteiger partial charge in [-0.25, -0.2) is 0 Å². The van der Waals surface area contributed by atoms with Gasteiger partial charge in [-0.1, -0.05) is 38.8 Å². The van der Waals surface area contributed by atoms with Crippen LogP contribution in [0.2, 0.25) is 0 Å². The molecule has 2 rings (SSSR count). The standard InChI is InChI=1S/C18H29NS/c1-4-13-19-18(15-7-5-14(2)6-8-15)16-9-11-17(20-3)12-10-16/h9-12,14-15,18-19H,4-8,13H2,1-3H3. The van der Waals surface area contributed by atoms with Crippen LogP contribution in [-0.4, -0.2) is 12.8 Å². The summed E-state index contributed by atoms with van der Waals surface area (Å²) in [5.74, 6) is 1.75. The third-order valence-electron chi connectivity index (χ3n) is 4.62. The van der Waals surface area contributed by atoms with Crippen LogP contribution in [0.5, 0.6) is 0 Å². The molecule has 1 atom stereocenters. The van der Waals surface area contributed by atoms with Crippen molar-refractivity contribution in [1.82, 2.24) is 5.32 Å². The second kappa shape index (κ2) is 8.09. The van der Waals surface area contributed by atoms with E-state index in [1.165, 1.54) is 42.6 Å². The molecule has 0 saturated heterocycles. The summed E-state index contributed by atoms with van der Waals surface area (Å²) in [7, 11) is 0.